The molecule has 2 heterocycles. The van der Waals surface area contributed by atoms with Crippen LogP contribution in [0.1, 0.15) is 16.8 Å². The fraction of sp³-hybridized carbons (Fsp3) is 0.286. The van der Waals surface area contributed by atoms with Crippen molar-refractivity contribution in [2.24, 2.45) is 0 Å². The molecule has 0 N–H and O–H groups in total. The first-order valence-corrected chi connectivity index (χ1v) is 12.5. The Bertz CT molecular complexity index is 1260. The third-order valence-corrected chi connectivity index (χ3v) is 8.37. The highest BCUT2D eigenvalue weighted by Gasteiger charge is 2.34. The van der Waals surface area contributed by atoms with Gasteiger partial charge in [-0.15, -0.1) is 11.3 Å². The van der Waals surface area contributed by atoms with Crippen molar-refractivity contribution in [2.45, 2.75) is 17.5 Å². The average molecular weight is 520 g/mol. The quantitative estimate of drug-likeness (QED) is 0.442. The summed E-state index contributed by atoms with van der Waals surface area (Å²) >= 11 is 7.10. The van der Waals surface area contributed by atoms with Crippen molar-refractivity contribution in [3.05, 3.63) is 75.5 Å². The fourth-order valence-corrected chi connectivity index (χ4v) is 5.95. The monoisotopic (exact) mass is 519 g/mol. The summed E-state index contributed by atoms with van der Waals surface area (Å²) in [6.45, 7) is 0.938. The van der Waals surface area contributed by atoms with Crippen LogP contribution < -0.4 is 4.90 Å². The number of alkyl halides is 3. The van der Waals surface area contributed by atoms with Crippen molar-refractivity contribution < 1.29 is 26.0 Å². The summed E-state index contributed by atoms with van der Waals surface area (Å²) in [6.07, 6.45) is -4.20. The van der Waals surface area contributed by atoms with Crippen molar-refractivity contribution in [1.29, 1.82) is 0 Å². The minimum absolute atomic E-state index is 0.0515. The molecule has 0 bridgehead atoms. The number of halogens is 5. The van der Waals surface area contributed by atoms with Crippen molar-refractivity contribution in [2.75, 3.05) is 31.1 Å². The van der Waals surface area contributed by atoms with Gasteiger partial charge in [0.15, 0.2) is 5.13 Å². The van der Waals surface area contributed by atoms with Gasteiger partial charge in [-0.25, -0.2) is 17.8 Å². The average Bonchev–Trinajstić information content (AvgIpc) is 3.24. The van der Waals surface area contributed by atoms with Gasteiger partial charge >= 0.3 is 6.18 Å². The second-order valence-electron chi connectivity index (χ2n) is 7.46. The first-order valence-electron chi connectivity index (χ1n) is 9.85. The minimum atomic E-state index is -4.62. The maximum atomic E-state index is 13.6. The lowest BCUT2D eigenvalue weighted by molar-refractivity contribution is -0.137. The molecule has 0 radical (unpaired) electrons. The zero-order chi connectivity index (χ0) is 23.8. The molecular weight excluding hydrogens is 502 g/mol. The Morgan fingerprint density at radius 1 is 1.06 bits per heavy atom. The maximum Gasteiger partial charge on any atom is 0.416 e. The number of nitrogens with zero attached hydrogens (tertiary/aromatic N) is 3. The molecule has 0 unspecified atom stereocenters. The number of benzene rings is 2. The molecule has 12 heteroatoms. The van der Waals surface area contributed by atoms with Crippen LogP contribution in [-0.2, 0) is 22.6 Å². The molecule has 0 atom stereocenters. The van der Waals surface area contributed by atoms with E-state index in [1.807, 2.05) is 10.3 Å². The predicted octanol–water partition coefficient (Wildman–Crippen LogP) is 5.06. The first-order chi connectivity index (χ1) is 15.5. The highest BCUT2D eigenvalue weighted by Crippen LogP contribution is 2.32. The van der Waals surface area contributed by atoms with Gasteiger partial charge < -0.3 is 4.90 Å². The van der Waals surface area contributed by atoms with Crippen LogP contribution in [0.4, 0.5) is 22.7 Å². The van der Waals surface area contributed by atoms with E-state index in [4.69, 9.17) is 11.6 Å². The van der Waals surface area contributed by atoms with Gasteiger partial charge in [0, 0.05) is 38.0 Å². The summed E-state index contributed by atoms with van der Waals surface area (Å²) in [5, 5.41) is 2.61. The van der Waals surface area contributed by atoms with Crippen LogP contribution in [0.5, 0.6) is 0 Å². The van der Waals surface area contributed by atoms with Crippen LogP contribution in [0.25, 0.3) is 0 Å². The SMILES string of the molecule is O=S(=O)(c1cccc(C(F)(F)F)c1)N1CCN(c2nc(Cc3ccc(Cl)c(F)c3)cs2)CC1. The van der Waals surface area contributed by atoms with Crippen LogP contribution in [0.3, 0.4) is 0 Å². The summed E-state index contributed by atoms with van der Waals surface area (Å²) in [5.41, 5.74) is 0.472. The number of hydrogen-bond donors (Lipinski definition) is 0. The highest BCUT2D eigenvalue weighted by molar-refractivity contribution is 7.89. The third-order valence-electron chi connectivity index (χ3n) is 5.22. The molecule has 0 amide bonds. The van der Waals surface area contributed by atoms with Gasteiger partial charge in [-0.05, 0) is 35.9 Å². The zero-order valence-electron chi connectivity index (χ0n) is 17.0. The van der Waals surface area contributed by atoms with E-state index in [2.05, 4.69) is 4.98 Å². The third kappa shape index (κ3) is 5.32. The van der Waals surface area contributed by atoms with Gasteiger partial charge in [-0.2, -0.15) is 17.5 Å². The Kier molecular flexibility index (Phi) is 6.68. The minimum Gasteiger partial charge on any atom is -0.345 e. The van der Waals surface area contributed by atoms with Crippen LogP contribution in [0, 0.1) is 5.82 Å². The van der Waals surface area contributed by atoms with E-state index >= 15 is 0 Å². The molecule has 0 spiro atoms. The molecule has 2 aromatic carbocycles. The normalized spacial score (nSPS) is 15.7. The number of aromatic nitrogens is 1. The van der Waals surface area contributed by atoms with Gasteiger partial charge in [0.25, 0.3) is 0 Å². The molecule has 1 aliphatic heterocycles. The number of hydrogen-bond acceptors (Lipinski definition) is 5. The first kappa shape index (κ1) is 23.9. The molecule has 3 aromatic rings. The number of thiazole rings is 1. The summed E-state index contributed by atoms with van der Waals surface area (Å²) in [5.74, 6) is -0.497. The second-order valence-corrected chi connectivity index (χ2v) is 10.6. The lowest BCUT2D eigenvalue weighted by atomic mass is 10.1. The van der Waals surface area contributed by atoms with Crippen LogP contribution in [-0.4, -0.2) is 43.9 Å². The van der Waals surface area contributed by atoms with Gasteiger partial charge in [0.1, 0.15) is 5.82 Å². The summed E-state index contributed by atoms with van der Waals surface area (Å²) in [7, 11) is -4.05. The summed E-state index contributed by atoms with van der Waals surface area (Å²) in [4.78, 5) is 6.11. The second kappa shape index (κ2) is 9.21. The van der Waals surface area contributed by atoms with Gasteiger partial charge in [0.05, 0.1) is 21.2 Å². The smallest absolute Gasteiger partial charge is 0.345 e. The Hall–Kier alpha value is -2.21. The van der Waals surface area contributed by atoms with Crippen LogP contribution >= 0.6 is 22.9 Å². The number of rotatable bonds is 5. The highest BCUT2D eigenvalue weighted by atomic mass is 35.5. The topological polar surface area (TPSA) is 53.5 Å². The molecule has 1 aromatic heterocycles. The number of anilines is 1. The number of sulfonamides is 1. The van der Waals surface area contributed by atoms with E-state index < -0.39 is 27.6 Å². The van der Waals surface area contributed by atoms with E-state index in [1.165, 1.54) is 33.8 Å². The Balaban J connectivity index is 1.41. The lowest BCUT2D eigenvalue weighted by Crippen LogP contribution is -2.48. The standard InChI is InChI=1S/C21H18ClF4N3O2S2/c22-18-5-4-14(11-19(18)23)10-16-13-32-20(27-16)28-6-8-29(9-7-28)33(30,31)17-3-1-2-15(12-17)21(24,25)26/h1-5,11-13H,6-10H2. The van der Waals surface area contributed by atoms with Crippen LogP contribution in [0.2, 0.25) is 5.02 Å². The van der Waals surface area contributed by atoms with E-state index in [0.29, 0.717) is 30.7 Å². The lowest BCUT2D eigenvalue weighted by Gasteiger charge is -2.33. The molecular formula is C21H18ClF4N3O2S2. The molecule has 0 aliphatic carbocycles. The van der Waals surface area contributed by atoms with E-state index in [1.54, 1.807) is 6.07 Å². The largest absolute Gasteiger partial charge is 0.416 e. The van der Waals surface area contributed by atoms with Gasteiger partial charge in [0.2, 0.25) is 10.0 Å². The Morgan fingerprint density at radius 3 is 2.45 bits per heavy atom. The van der Waals surface area contributed by atoms with Crippen LogP contribution in [0.15, 0.2) is 52.7 Å². The van der Waals surface area contributed by atoms with E-state index in [0.717, 1.165) is 23.4 Å². The molecule has 33 heavy (non-hydrogen) atoms. The van der Waals surface area contributed by atoms with Gasteiger partial charge in [-0.3, -0.25) is 0 Å². The molecule has 5 nitrogen and oxygen atoms in total. The zero-order valence-corrected chi connectivity index (χ0v) is 19.4. The van der Waals surface area contributed by atoms with Crippen molar-refractivity contribution in [1.82, 2.24) is 9.29 Å². The van der Waals surface area contributed by atoms with E-state index in [9.17, 15) is 26.0 Å². The summed E-state index contributed by atoms with van der Waals surface area (Å²) < 4.78 is 79.4. The van der Waals surface area contributed by atoms with Crippen molar-refractivity contribution in [3.8, 4) is 0 Å². The molecule has 0 saturated carbocycles. The fourth-order valence-electron chi connectivity index (χ4n) is 3.48. The van der Waals surface area contributed by atoms with Gasteiger partial charge in [-0.1, -0.05) is 23.7 Å². The summed E-state index contributed by atoms with van der Waals surface area (Å²) in [6, 6.07) is 8.34. The number of piperazine rings is 1. The maximum absolute atomic E-state index is 13.6. The molecule has 176 valence electrons. The Labute approximate surface area is 197 Å². The Morgan fingerprint density at radius 2 is 1.79 bits per heavy atom. The predicted molar refractivity (Wildman–Crippen MR) is 119 cm³/mol. The van der Waals surface area contributed by atoms with Crippen molar-refractivity contribution in [3.63, 3.8) is 0 Å². The van der Waals surface area contributed by atoms with Crippen molar-refractivity contribution >= 4 is 38.1 Å². The van der Waals surface area contributed by atoms with E-state index in [-0.39, 0.29) is 23.0 Å². The molecule has 1 aliphatic rings. The molecule has 1 fully saturated rings. The molecule has 1 saturated heterocycles. The molecule has 4 rings (SSSR count).